The smallest absolute Gasteiger partial charge is 0.138 e. The molecule has 0 amide bonds. The molecule has 4 heteroatoms. The monoisotopic (exact) mass is 790 g/mol. The summed E-state index contributed by atoms with van der Waals surface area (Å²) in [5.74, 6) is 14.7. The number of aromatic amines is 2. The van der Waals surface area contributed by atoms with Crippen molar-refractivity contribution in [3.05, 3.63) is 241 Å². The predicted molar refractivity (Wildman–Crippen MR) is 254 cm³/mol. The number of hydrogen-bond donors (Lipinski definition) is 2. The van der Waals surface area contributed by atoms with E-state index in [-0.39, 0.29) is 0 Å². The molecule has 10 rings (SSSR count). The molecule has 2 aromatic heterocycles. The molecule has 0 saturated heterocycles. The Morgan fingerprint density at radius 2 is 0.516 bits per heavy atom. The molecule has 290 valence electrons. The lowest BCUT2D eigenvalue weighted by Gasteiger charge is -2.08. The SMILES string of the molecule is C(#Cc1ccc(-c2nc(-c3ccc(-c4ccc(-c5[nH]c(-c6ccc(C#Cc7ccccc7)cc6)nc5-c5ccccc5)cc4)cc3)c(-c3ccccc3)[nH]2)cc1)c1ccccc1. The van der Waals surface area contributed by atoms with Gasteiger partial charge < -0.3 is 9.97 Å². The Bertz CT molecular complexity index is 2990. The first-order valence-electron chi connectivity index (χ1n) is 20.6. The molecular formula is C58H38N4. The third-order valence-corrected chi connectivity index (χ3v) is 10.7. The Balaban J connectivity index is 0.915. The number of benzene rings is 8. The lowest BCUT2D eigenvalue weighted by atomic mass is 9.98. The summed E-state index contributed by atoms with van der Waals surface area (Å²) in [7, 11) is 0. The van der Waals surface area contributed by atoms with Crippen LogP contribution in [0.1, 0.15) is 22.3 Å². The average Bonchev–Trinajstić information content (AvgIpc) is 4.01. The second-order valence-electron chi connectivity index (χ2n) is 14.9. The van der Waals surface area contributed by atoms with Crippen LogP contribution >= 0.6 is 0 Å². The fourth-order valence-corrected chi connectivity index (χ4v) is 7.46. The van der Waals surface area contributed by atoms with Gasteiger partial charge in [-0.15, -0.1) is 0 Å². The molecule has 0 aliphatic carbocycles. The van der Waals surface area contributed by atoms with Crippen LogP contribution in [0.25, 0.3) is 78.9 Å². The highest BCUT2D eigenvalue weighted by Crippen LogP contribution is 2.36. The van der Waals surface area contributed by atoms with Gasteiger partial charge in [0.05, 0.1) is 22.8 Å². The Morgan fingerprint density at radius 1 is 0.242 bits per heavy atom. The number of imidazole rings is 2. The minimum Gasteiger partial charge on any atom is -0.337 e. The second-order valence-corrected chi connectivity index (χ2v) is 14.9. The summed E-state index contributed by atoms with van der Waals surface area (Å²) in [6.07, 6.45) is 0. The minimum absolute atomic E-state index is 0.808. The van der Waals surface area contributed by atoms with Crippen molar-refractivity contribution >= 4 is 0 Å². The van der Waals surface area contributed by atoms with E-state index in [4.69, 9.17) is 9.97 Å². The zero-order valence-corrected chi connectivity index (χ0v) is 33.7. The van der Waals surface area contributed by atoms with Crippen LogP contribution in [-0.2, 0) is 0 Å². The van der Waals surface area contributed by atoms with E-state index >= 15 is 0 Å². The van der Waals surface area contributed by atoms with Gasteiger partial charge in [0.1, 0.15) is 11.6 Å². The number of H-pyrrole nitrogens is 2. The average molecular weight is 791 g/mol. The minimum atomic E-state index is 0.808. The van der Waals surface area contributed by atoms with Crippen molar-refractivity contribution in [2.75, 3.05) is 0 Å². The molecule has 2 heterocycles. The van der Waals surface area contributed by atoms with Crippen molar-refractivity contribution in [1.82, 2.24) is 19.9 Å². The normalized spacial score (nSPS) is 10.6. The third-order valence-electron chi connectivity index (χ3n) is 10.7. The molecule has 0 fully saturated rings. The van der Waals surface area contributed by atoms with E-state index in [2.05, 4.69) is 143 Å². The van der Waals surface area contributed by atoms with E-state index in [1.54, 1.807) is 0 Å². The van der Waals surface area contributed by atoms with Crippen molar-refractivity contribution < 1.29 is 0 Å². The Hall–Kier alpha value is -8.70. The third kappa shape index (κ3) is 8.27. The van der Waals surface area contributed by atoms with Crippen molar-refractivity contribution in [3.63, 3.8) is 0 Å². The van der Waals surface area contributed by atoms with E-state index in [1.807, 2.05) is 109 Å². The van der Waals surface area contributed by atoms with E-state index in [0.29, 0.717) is 0 Å². The van der Waals surface area contributed by atoms with Crippen LogP contribution in [0, 0.1) is 23.7 Å². The van der Waals surface area contributed by atoms with Crippen molar-refractivity contribution in [3.8, 4) is 103 Å². The summed E-state index contributed by atoms with van der Waals surface area (Å²) in [6, 6.07) is 74.6. The fourth-order valence-electron chi connectivity index (χ4n) is 7.46. The van der Waals surface area contributed by atoms with Crippen LogP contribution in [0.3, 0.4) is 0 Å². The van der Waals surface area contributed by atoms with E-state index in [0.717, 1.165) is 101 Å². The molecule has 0 radical (unpaired) electrons. The molecule has 0 atom stereocenters. The van der Waals surface area contributed by atoms with E-state index in [1.165, 1.54) is 0 Å². The standard InChI is InChI=1S/C58H38N4/c1-5-13-41(14-6-1)21-23-43-25-29-51(30-26-43)57-59-53(47-17-9-3-10-18-47)55(61-57)49-37-33-45(34-38-49)46-35-39-50(40-36-46)56-54(48-19-11-4-12-20-48)60-58(62-56)52-31-27-44(28-32-52)24-22-42-15-7-2-8-16-42/h1-20,25-40H,(H,59,61)(H,60,62). The Morgan fingerprint density at radius 3 is 0.919 bits per heavy atom. The Kier molecular flexibility index (Phi) is 10.5. The summed E-state index contributed by atoms with van der Waals surface area (Å²) < 4.78 is 0. The summed E-state index contributed by atoms with van der Waals surface area (Å²) in [4.78, 5) is 17.6. The zero-order chi connectivity index (χ0) is 41.5. The first-order chi connectivity index (χ1) is 30.7. The van der Waals surface area contributed by atoms with E-state index < -0.39 is 0 Å². The topological polar surface area (TPSA) is 57.4 Å². The lowest BCUT2D eigenvalue weighted by molar-refractivity contribution is 1.31. The highest BCUT2D eigenvalue weighted by molar-refractivity contribution is 5.84. The molecule has 0 aliphatic rings. The quantitative estimate of drug-likeness (QED) is 0.158. The van der Waals surface area contributed by atoms with Crippen LogP contribution in [0.5, 0.6) is 0 Å². The molecule has 0 bridgehead atoms. The van der Waals surface area contributed by atoms with Crippen LogP contribution in [0.2, 0.25) is 0 Å². The van der Waals surface area contributed by atoms with Crippen molar-refractivity contribution in [2.24, 2.45) is 0 Å². The van der Waals surface area contributed by atoms with Gasteiger partial charge in [0.15, 0.2) is 0 Å². The number of rotatable bonds is 7. The van der Waals surface area contributed by atoms with Gasteiger partial charge >= 0.3 is 0 Å². The first kappa shape index (κ1) is 37.6. The van der Waals surface area contributed by atoms with Gasteiger partial charge in [0, 0.05) is 55.6 Å². The van der Waals surface area contributed by atoms with Crippen molar-refractivity contribution in [2.45, 2.75) is 0 Å². The van der Waals surface area contributed by atoms with Crippen LogP contribution in [0.15, 0.2) is 218 Å². The largest absolute Gasteiger partial charge is 0.337 e. The number of hydrogen-bond acceptors (Lipinski definition) is 2. The predicted octanol–water partition coefficient (Wildman–Crippen LogP) is 13.6. The van der Waals surface area contributed by atoms with Crippen LogP contribution in [0.4, 0.5) is 0 Å². The van der Waals surface area contributed by atoms with Gasteiger partial charge in [0.2, 0.25) is 0 Å². The van der Waals surface area contributed by atoms with Gasteiger partial charge in [-0.1, -0.05) is 194 Å². The summed E-state index contributed by atoms with van der Waals surface area (Å²) >= 11 is 0. The molecule has 4 nitrogen and oxygen atoms in total. The molecular weight excluding hydrogens is 753 g/mol. The van der Waals surface area contributed by atoms with Crippen LogP contribution < -0.4 is 0 Å². The molecule has 0 spiro atoms. The number of aromatic nitrogens is 4. The molecule has 8 aromatic carbocycles. The number of nitrogens with zero attached hydrogens (tertiary/aromatic N) is 2. The molecule has 0 saturated carbocycles. The maximum Gasteiger partial charge on any atom is 0.138 e. The molecule has 0 aliphatic heterocycles. The van der Waals surface area contributed by atoms with Crippen molar-refractivity contribution in [1.29, 1.82) is 0 Å². The number of nitrogens with one attached hydrogen (secondary N) is 2. The maximum absolute atomic E-state index is 5.17. The lowest BCUT2D eigenvalue weighted by Crippen LogP contribution is -1.86. The highest BCUT2D eigenvalue weighted by atomic mass is 14.9. The van der Waals surface area contributed by atoms with Gasteiger partial charge in [-0.05, 0) is 59.7 Å². The molecule has 10 aromatic rings. The maximum atomic E-state index is 5.17. The van der Waals surface area contributed by atoms with Gasteiger partial charge in [-0.2, -0.15) is 0 Å². The van der Waals surface area contributed by atoms with Gasteiger partial charge in [0.25, 0.3) is 0 Å². The molecule has 2 N–H and O–H groups in total. The van der Waals surface area contributed by atoms with Gasteiger partial charge in [-0.25, -0.2) is 9.97 Å². The summed E-state index contributed by atoms with van der Waals surface area (Å²) in [6.45, 7) is 0. The fraction of sp³-hybridized carbons (Fsp3) is 0. The molecule has 62 heavy (non-hydrogen) atoms. The van der Waals surface area contributed by atoms with Gasteiger partial charge in [-0.3, -0.25) is 0 Å². The zero-order valence-electron chi connectivity index (χ0n) is 33.7. The summed E-state index contributed by atoms with van der Waals surface area (Å²) in [5.41, 5.74) is 16.1. The second kappa shape index (κ2) is 17.3. The van der Waals surface area contributed by atoms with E-state index in [9.17, 15) is 0 Å². The summed E-state index contributed by atoms with van der Waals surface area (Å²) in [5, 5.41) is 0. The Labute approximate surface area is 361 Å². The highest BCUT2D eigenvalue weighted by Gasteiger charge is 2.18. The van der Waals surface area contributed by atoms with Crippen LogP contribution in [-0.4, -0.2) is 19.9 Å². The molecule has 0 unspecified atom stereocenters. The first-order valence-corrected chi connectivity index (χ1v) is 20.6.